The van der Waals surface area contributed by atoms with Gasteiger partial charge in [0.05, 0.1) is 11.4 Å². The number of para-hydroxylation sites is 1. The maximum Gasteiger partial charge on any atom is 0.158 e. The van der Waals surface area contributed by atoms with Crippen LogP contribution in [0.2, 0.25) is 0 Å². The van der Waals surface area contributed by atoms with Gasteiger partial charge in [0, 0.05) is 17.2 Å². The highest BCUT2D eigenvalue weighted by Gasteiger charge is 2.27. The molecular weight excluding hydrogens is 248 g/mol. The zero-order valence-corrected chi connectivity index (χ0v) is 11.8. The summed E-state index contributed by atoms with van der Waals surface area (Å²) in [6, 6.07) is 10.0. The number of benzene rings is 1. The molecule has 3 nitrogen and oxygen atoms in total. The number of aromatic nitrogens is 2. The maximum absolute atomic E-state index is 11.8. The second-order valence-corrected chi connectivity index (χ2v) is 5.34. The second-order valence-electron chi connectivity index (χ2n) is 5.34. The summed E-state index contributed by atoms with van der Waals surface area (Å²) in [5.74, 6) is 0.521. The molecular formula is C17H18N2O. The third kappa shape index (κ3) is 2.44. The topological polar surface area (TPSA) is 34.9 Å². The van der Waals surface area contributed by atoms with Gasteiger partial charge in [-0.05, 0) is 51.0 Å². The van der Waals surface area contributed by atoms with Crippen LogP contribution in [-0.2, 0) is 4.79 Å². The van der Waals surface area contributed by atoms with Crippen molar-refractivity contribution in [1.82, 2.24) is 9.78 Å². The summed E-state index contributed by atoms with van der Waals surface area (Å²) in [6.07, 6.45) is 5.72. The van der Waals surface area contributed by atoms with E-state index in [2.05, 4.69) is 5.10 Å². The van der Waals surface area contributed by atoms with Gasteiger partial charge in [0.25, 0.3) is 0 Å². The highest BCUT2D eigenvalue weighted by Crippen LogP contribution is 2.30. The molecule has 1 fully saturated rings. The number of hydrogen-bond donors (Lipinski definition) is 0. The monoisotopic (exact) mass is 266 g/mol. The number of hydrogen-bond acceptors (Lipinski definition) is 2. The number of ketones is 1. The minimum atomic E-state index is 0.247. The Labute approximate surface area is 118 Å². The van der Waals surface area contributed by atoms with Crippen LogP contribution in [0.15, 0.2) is 36.4 Å². The van der Waals surface area contributed by atoms with Gasteiger partial charge in [-0.15, -0.1) is 0 Å². The fourth-order valence-corrected chi connectivity index (χ4v) is 2.39. The lowest BCUT2D eigenvalue weighted by Gasteiger charge is -2.03. The predicted molar refractivity (Wildman–Crippen MR) is 79.8 cm³/mol. The molecule has 3 rings (SSSR count). The van der Waals surface area contributed by atoms with Gasteiger partial charge in [-0.2, -0.15) is 5.10 Å². The number of carbonyl (C=O) groups excluding carboxylic acids is 1. The van der Waals surface area contributed by atoms with Crippen LogP contribution in [0.3, 0.4) is 0 Å². The van der Waals surface area contributed by atoms with Crippen LogP contribution in [0.1, 0.15) is 29.8 Å². The standard InChI is InChI=1S/C17H18N2O/c1-12-16(10-11-17(20)14-8-9-14)13(2)19(18-12)15-6-4-3-5-7-15/h3-7,10-11,14H,8-9H2,1-2H3/b11-10+. The Bertz CT molecular complexity index is 664. The molecule has 1 aromatic heterocycles. The van der Waals surface area contributed by atoms with Crippen LogP contribution in [0.5, 0.6) is 0 Å². The quantitative estimate of drug-likeness (QED) is 0.794. The highest BCUT2D eigenvalue weighted by atomic mass is 16.1. The number of carbonyl (C=O) groups is 1. The van der Waals surface area contributed by atoms with Crippen molar-refractivity contribution in [2.24, 2.45) is 5.92 Å². The molecule has 0 atom stereocenters. The molecule has 0 bridgehead atoms. The Morgan fingerprint density at radius 1 is 1.25 bits per heavy atom. The van der Waals surface area contributed by atoms with Gasteiger partial charge in [-0.25, -0.2) is 4.68 Å². The van der Waals surface area contributed by atoms with Gasteiger partial charge < -0.3 is 0 Å². The largest absolute Gasteiger partial charge is 0.295 e. The van der Waals surface area contributed by atoms with E-state index in [4.69, 9.17) is 0 Å². The van der Waals surface area contributed by atoms with Crippen LogP contribution >= 0.6 is 0 Å². The zero-order chi connectivity index (χ0) is 14.1. The molecule has 1 saturated carbocycles. The fourth-order valence-electron chi connectivity index (χ4n) is 2.39. The van der Waals surface area contributed by atoms with Crippen molar-refractivity contribution in [3.63, 3.8) is 0 Å². The average Bonchev–Trinajstić information content (AvgIpc) is 3.26. The molecule has 0 unspecified atom stereocenters. The van der Waals surface area contributed by atoms with Crippen molar-refractivity contribution in [3.05, 3.63) is 53.4 Å². The number of rotatable bonds is 4. The lowest BCUT2D eigenvalue weighted by Crippen LogP contribution is -1.98. The van der Waals surface area contributed by atoms with E-state index in [0.717, 1.165) is 35.5 Å². The van der Waals surface area contributed by atoms with Gasteiger partial charge in [0.1, 0.15) is 0 Å². The summed E-state index contributed by atoms with van der Waals surface area (Å²) < 4.78 is 1.93. The number of allylic oxidation sites excluding steroid dienone is 1. The lowest BCUT2D eigenvalue weighted by molar-refractivity contribution is -0.115. The maximum atomic E-state index is 11.8. The van der Waals surface area contributed by atoms with Gasteiger partial charge in [0.15, 0.2) is 5.78 Å². The first-order valence-electron chi connectivity index (χ1n) is 7.00. The third-order valence-corrected chi connectivity index (χ3v) is 3.74. The van der Waals surface area contributed by atoms with E-state index in [-0.39, 0.29) is 11.7 Å². The average molecular weight is 266 g/mol. The smallest absolute Gasteiger partial charge is 0.158 e. The Kier molecular flexibility index (Phi) is 3.26. The van der Waals surface area contributed by atoms with Crippen molar-refractivity contribution in [1.29, 1.82) is 0 Å². The fraction of sp³-hybridized carbons (Fsp3) is 0.294. The summed E-state index contributed by atoms with van der Waals surface area (Å²) in [5, 5.41) is 4.57. The molecule has 102 valence electrons. The number of aryl methyl sites for hydroxylation is 1. The Hall–Kier alpha value is -2.16. The summed E-state index contributed by atoms with van der Waals surface area (Å²) in [7, 11) is 0. The SMILES string of the molecule is Cc1nn(-c2ccccc2)c(C)c1/C=C/C(=O)C1CC1. The molecule has 1 aliphatic rings. The van der Waals surface area contributed by atoms with Crippen LogP contribution in [0, 0.1) is 19.8 Å². The van der Waals surface area contributed by atoms with Crippen LogP contribution in [0.4, 0.5) is 0 Å². The third-order valence-electron chi connectivity index (χ3n) is 3.74. The molecule has 1 aliphatic carbocycles. The molecule has 0 aliphatic heterocycles. The molecule has 0 saturated heterocycles. The molecule has 1 heterocycles. The van der Waals surface area contributed by atoms with Crippen molar-refractivity contribution in [2.75, 3.05) is 0 Å². The molecule has 0 amide bonds. The molecule has 1 aromatic carbocycles. The molecule has 0 N–H and O–H groups in total. The molecule has 2 aromatic rings. The van der Waals surface area contributed by atoms with Gasteiger partial charge >= 0.3 is 0 Å². The van der Waals surface area contributed by atoms with Crippen molar-refractivity contribution < 1.29 is 4.79 Å². The Balaban J connectivity index is 1.92. The molecule has 3 heteroatoms. The molecule has 20 heavy (non-hydrogen) atoms. The normalized spacial score (nSPS) is 14.9. The number of nitrogens with zero attached hydrogens (tertiary/aromatic N) is 2. The van der Waals surface area contributed by atoms with Crippen LogP contribution in [-0.4, -0.2) is 15.6 Å². The predicted octanol–water partition coefficient (Wildman–Crippen LogP) is 3.48. The van der Waals surface area contributed by atoms with Gasteiger partial charge in [0.2, 0.25) is 0 Å². The molecule has 0 spiro atoms. The van der Waals surface area contributed by atoms with E-state index in [9.17, 15) is 4.79 Å². The van der Waals surface area contributed by atoms with Crippen LogP contribution in [0.25, 0.3) is 11.8 Å². The first kappa shape index (κ1) is 12.9. The van der Waals surface area contributed by atoms with E-state index >= 15 is 0 Å². The first-order chi connectivity index (χ1) is 9.66. The summed E-state index contributed by atoms with van der Waals surface area (Å²) >= 11 is 0. The van der Waals surface area contributed by atoms with E-state index in [1.54, 1.807) is 6.08 Å². The van der Waals surface area contributed by atoms with Crippen molar-refractivity contribution in [3.8, 4) is 5.69 Å². The minimum absolute atomic E-state index is 0.247. The van der Waals surface area contributed by atoms with E-state index < -0.39 is 0 Å². The summed E-state index contributed by atoms with van der Waals surface area (Å²) in [4.78, 5) is 11.8. The second kappa shape index (κ2) is 5.08. The van der Waals surface area contributed by atoms with E-state index in [1.165, 1.54) is 0 Å². The van der Waals surface area contributed by atoms with Crippen molar-refractivity contribution >= 4 is 11.9 Å². The van der Waals surface area contributed by atoms with Crippen molar-refractivity contribution in [2.45, 2.75) is 26.7 Å². The van der Waals surface area contributed by atoms with E-state index in [0.29, 0.717) is 0 Å². The summed E-state index contributed by atoms with van der Waals surface area (Å²) in [6.45, 7) is 4.02. The Morgan fingerprint density at radius 3 is 2.60 bits per heavy atom. The van der Waals surface area contributed by atoms with E-state index in [1.807, 2.05) is 54.9 Å². The summed E-state index contributed by atoms with van der Waals surface area (Å²) in [5.41, 5.74) is 4.10. The Morgan fingerprint density at radius 2 is 1.95 bits per heavy atom. The van der Waals surface area contributed by atoms with Gasteiger partial charge in [-0.3, -0.25) is 4.79 Å². The lowest BCUT2D eigenvalue weighted by atomic mass is 10.1. The van der Waals surface area contributed by atoms with Crippen LogP contribution < -0.4 is 0 Å². The van der Waals surface area contributed by atoms with Gasteiger partial charge in [-0.1, -0.05) is 18.2 Å². The molecule has 0 radical (unpaired) electrons. The minimum Gasteiger partial charge on any atom is -0.295 e. The zero-order valence-electron chi connectivity index (χ0n) is 11.8. The highest BCUT2D eigenvalue weighted by molar-refractivity contribution is 5.97. The first-order valence-corrected chi connectivity index (χ1v) is 7.00.